The first-order valence-electron chi connectivity index (χ1n) is 7.06. The zero-order valence-electron chi connectivity index (χ0n) is 12.0. The van der Waals surface area contributed by atoms with E-state index in [-0.39, 0.29) is 5.54 Å². The summed E-state index contributed by atoms with van der Waals surface area (Å²) in [6, 6.07) is 8.58. The number of hydrogen-bond donors (Lipinski definition) is 2. The molecule has 2 rings (SSSR count). The van der Waals surface area contributed by atoms with Crippen molar-refractivity contribution in [2.24, 2.45) is 5.73 Å². The minimum atomic E-state index is -0.346. The third-order valence-corrected chi connectivity index (χ3v) is 3.98. The van der Waals surface area contributed by atoms with Crippen LogP contribution in [0.4, 0.5) is 0 Å². The third-order valence-electron chi connectivity index (χ3n) is 3.98. The standard InChI is InChI=1S/C16H23N3/c1-4-12-7-9-13(10-8-12)14-11-18-15(19-14)16(17,5-2)6-3/h7-11H,4-6,17H2,1-3H3,(H,18,19). The second kappa shape index (κ2) is 5.57. The first-order chi connectivity index (χ1) is 9.12. The lowest BCUT2D eigenvalue weighted by atomic mass is 9.93. The Morgan fingerprint density at radius 2 is 1.74 bits per heavy atom. The fourth-order valence-corrected chi connectivity index (χ4v) is 2.23. The zero-order chi connectivity index (χ0) is 13.9. The number of aryl methyl sites for hydroxylation is 1. The highest BCUT2D eigenvalue weighted by atomic mass is 15.0. The molecule has 0 radical (unpaired) electrons. The van der Waals surface area contributed by atoms with Crippen LogP contribution in [-0.4, -0.2) is 9.97 Å². The highest BCUT2D eigenvalue weighted by Gasteiger charge is 2.26. The van der Waals surface area contributed by atoms with Crippen LogP contribution in [0.3, 0.4) is 0 Å². The Balaban J connectivity index is 2.29. The number of imidazole rings is 1. The van der Waals surface area contributed by atoms with Gasteiger partial charge in [0.15, 0.2) is 0 Å². The number of aromatic nitrogens is 2. The van der Waals surface area contributed by atoms with E-state index in [0.29, 0.717) is 0 Å². The second-order valence-corrected chi connectivity index (χ2v) is 5.06. The van der Waals surface area contributed by atoms with Crippen molar-refractivity contribution in [3.8, 4) is 11.3 Å². The number of rotatable bonds is 5. The van der Waals surface area contributed by atoms with Gasteiger partial charge < -0.3 is 10.7 Å². The van der Waals surface area contributed by atoms with Gasteiger partial charge in [0.1, 0.15) is 5.82 Å². The third kappa shape index (κ3) is 2.71. The van der Waals surface area contributed by atoms with Crippen LogP contribution in [0.25, 0.3) is 11.3 Å². The Kier molecular flexibility index (Phi) is 4.05. The summed E-state index contributed by atoms with van der Waals surface area (Å²) in [6.07, 6.45) is 4.70. The van der Waals surface area contributed by atoms with Gasteiger partial charge in [-0.25, -0.2) is 4.98 Å². The Hall–Kier alpha value is -1.61. The van der Waals surface area contributed by atoms with E-state index in [4.69, 9.17) is 5.73 Å². The Morgan fingerprint density at radius 3 is 2.26 bits per heavy atom. The van der Waals surface area contributed by atoms with Crippen molar-refractivity contribution >= 4 is 0 Å². The van der Waals surface area contributed by atoms with E-state index in [1.807, 2.05) is 6.20 Å². The second-order valence-electron chi connectivity index (χ2n) is 5.06. The van der Waals surface area contributed by atoms with Crippen LogP contribution in [0.2, 0.25) is 0 Å². The maximum Gasteiger partial charge on any atom is 0.126 e. The van der Waals surface area contributed by atoms with Crippen LogP contribution in [-0.2, 0) is 12.0 Å². The van der Waals surface area contributed by atoms with Gasteiger partial charge in [0, 0.05) is 0 Å². The normalized spacial score (nSPS) is 11.8. The molecule has 1 aromatic carbocycles. The van der Waals surface area contributed by atoms with Crippen LogP contribution in [0.15, 0.2) is 30.5 Å². The topological polar surface area (TPSA) is 54.7 Å². The molecule has 0 aliphatic rings. The van der Waals surface area contributed by atoms with Crippen molar-refractivity contribution in [3.05, 3.63) is 41.9 Å². The van der Waals surface area contributed by atoms with Crippen LogP contribution in [0.1, 0.15) is 45.0 Å². The molecule has 0 saturated carbocycles. The smallest absolute Gasteiger partial charge is 0.126 e. The first kappa shape index (κ1) is 13.8. The van der Waals surface area contributed by atoms with Crippen LogP contribution < -0.4 is 5.73 Å². The van der Waals surface area contributed by atoms with Crippen molar-refractivity contribution in [1.29, 1.82) is 0 Å². The molecule has 3 heteroatoms. The van der Waals surface area contributed by atoms with E-state index in [1.54, 1.807) is 0 Å². The molecule has 3 N–H and O–H groups in total. The van der Waals surface area contributed by atoms with Crippen LogP contribution in [0, 0.1) is 0 Å². The molecule has 1 heterocycles. The Labute approximate surface area is 115 Å². The van der Waals surface area contributed by atoms with E-state index in [0.717, 1.165) is 36.3 Å². The fourth-order valence-electron chi connectivity index (χ4n) is 2.23. The summed E-state index contributed by atoms with van der Waals surface area (Å²) in [7, 11) is 0. The number of nitrogens with zero attached hydrogens (tertiary/aromatic N) is 1. The quantitative estimate of drug-likeness (QED) is 0.859. The summed E-state index contributed by atoms with van der Waals surface area (Å²) in [5.74, 6) is 0.882. The Morgan fingerprint density at radius 1 is 1.11 bits per heavy atom. The van der Waals surface area contributed by atoms with Gasteiger partial charge in [0.25, 0.3) is 0 Å². The van der Waals surface area contributed by atoms with E-state index >= 15 is 0 Å². The summed E-state index contributed by atoms with van der Waals surface area (Å²) in [4.78, 5) is 7.84. The average molecular weight is 257 g/mol. The van der Waals surface area contributed by atoms with Gasteiger partial charge in [-0.05, 0) is 30.4 Å². The largest absolute Gasteiger partial charge is 0.340 e. The summed E-state index contributed by atoms with van der Waals surface area (Å²) >= 11 is 0. The number of hydrogen-bond acceptors (Lipinski definition) is 2. The minimum absolute atomic E-state index is 0.346. The SMILES string of the molecule is CCc1ccc(-c2cnc(C(N)(CC)CC)[nH]2)cc1. The first-order valence-corrected chi connectivity index (χ1v) is 7.06. The van der Waals surface area contributed by atoms with Crippen molar-refractivity contribution in [1.82, 2.24) is 9.97 Å². The van der Waals surface area contributed by atoms with Crippen molar-refractivity contribution in [3.63, 3.8) is 0 Å². The molecular formula is C16H23N3. The van der Waals surface area contributed by atoms with E-state index in [9.17, 15) is 0 Å². The van der Waals surface area contributed by atoms with Crippen molar-refractivity contribution < 1.29 is 0 Å². The molecule has 0 atom stereocenters. The average Bonchev–Trinajstić information content (AvgIpc) is 2.97. The van der Waals surface area contributed by atoms with Crippen LogP contribution >= 0.6 is 0 Å². The number of H-pyrrole nitrogens is 1. The molecule has 2 aromatic rings. The van der Waals surface area contributed by atoms with Gasteiger partial charge in [0.2, 0.25) is 0 Å². The number of nitrogens with one attached hydrogen (secondary N) is 1. The molecule has 0 fully saturated rings. The molecule has 3 nitrogen and oxygen atoms in total. The molecule has 0 aliphatic heterocycles. The molecule has 0 spiro atoms. The van der Waals surface area contributed by atoms with Gasteiger partial charge in [-0.2, -0.15) is 0 Å². The minimum Gasteiger partial charge on any atom is -0.340 e. The lowest BCUT2D eigenvalue weighted by molar-refractivity contribution is 0.391. The number of benzene rings is 1. The monoisotopic (exact) mass is 257 g/mol. The molecule has 0 amide bonds. The molecule has 0 bridgehead atoms. The van der Waals surface area contributed by atoms with E-state index in [2.05, 4.69) is 55.0 Å². The van der Waals surface area contributed by atoms with Crippen molar-refractivity contribution in [2.75, 3.05) is 0 Å². The number of nitrogens with two attached hydrogens (primary N) is 1. The van der Waals surface area contributed by atoms with Gasteiger partial charge in [-0.1, -0.05) is 45.0 Å². The highest BCUT2D eigenvalue weighted by molar-refractivity contribution is 5.59. The van der Waals surface area contributed by atoms with Crippen molar-refractivity contribution in [2.45, 2.75) is 45.6 Å². The molecule has 19 heavy (non-hydrogen) atoms. The molecule has 0 unspecified atom stereocenters. The molecular weight excluding hydrogens is 234 g/mol. The van der Waals surface area contributed by atoms with Gasteiger partial charge in [0.05, 0.1) is 17.4 Å². The molecule has 0 aliphatic carbocycles. The number of aromatic amines is 1. The van der Waals surface area contributed by atoms with Gasteiger partial charge in [-0.3, -0.25) is 0 Å². The summed E-state index contributed by atoms with van der Waals surface area (Å²) in [6.45, 7) is 6.36. The summed E-state index contributed by atoms with van der Waals surface area (Å²) in [5, 5.41) is 0. The maximum absolute atomic E-state index is 6.36. The molecule has 102 valence electrons. The van der Waals surface area contributed by atoms with E-state index in [1.165, 1.54) is 5.56 Å². The lowest BCUT2D eigenvalue weighted by Gasteiger charge is -2.23. The highest BCUT2D eigenvalue weighted by Crippen LogP contribution is 2.26. The fraction of sp³-hybridized carbons (Fsp3) is 0.438. The van der Waals surface area contributed by atoms with E-state index < -0.39 is 0 Å². The van der Waals surface area contributed by atoms with Gasteiger partial charge >= 0.3 is 0 Å². The van der Waals surface area contributed by atoms with Gasteiger partial charge in [-0.15, -0.1) is 0 Å². The Bertz CT molecular complexity index is 521. The maximum atomic E-state index is 6.36. The lowest BCUT2D eigenvalue weighted by Crippen LogP contribution is -2.36. The zero-order valence-corrected chi connectivity index (χ0v) is 12.0. The molecule has 0 saturated heterocycles. The molecule has 1 aromatic heterocycles. The predicted octanol–water partition coefficient (Wildman–Crippen LogP) is 3.61. The predicted molar refractivity (Wildman–Crippen MR) is 79.8 cm³/mol. The van der Waals surface area contributed by atoms with Crippen LogP contribution in [0.5, 0.6) is 0 Å². The summed E-state index contributed by atoms with van der Waals surface area (Å²) < 4.78 is 0. The summed E-state index contributed by atoms with van der Waals surface area (Å²) in [5.41, 5.74) is 9.56.